The van der Waals surface area contributed by atoms with Gasteiger partial charge in [-0.15, -0.1) is 0 Å². The monoisotopic (exact) mass is 221 g/mol. The molecule has 0 spiro atoms. The molecular formula is C13H19NO2. The Morgan fingerprint density at radius 2 is 2.06 bits per heavy atom. The molecule has 0 bridgehead atoms. The molecule has 0 atom stereocenters. The fourth-order valence-electron chi connectivity index (χ4n) is 1.91. The third-order valence-electron chi connectivity index (χ3n) is 2.94. The Kier molecular flexibility index (Phi) is 4.47. The predicted octanol–water partition coefficient (Wildman–Crippen LogP) is 3.13. The molecule has 0 aromatic carbocycles. The van der Waals surface area contributed by atoms with Crippen molar-refractivity contribution in [2.75, 3.05) is 0 Å². The minimum Gasteiger partial charge on any atom is -0.478 e. The number of aryl methyl sites for hydroxylation is 1. The highest BCUT2D eigenvalue weighted by Gasteiger charge is 2.13. The Hall–Kier alpha value is -1.38. The molecule has 0 saturated heterocycles. The van der Waals surface area contributed by atoms with Gasteiger partial charge in [-0.2, -0.15) is 0 Å². The standard InChI is InChI=1S/C13H19NO2/c1-4-5-6-7-11-9(2)12(13(15)16)8-14-10(11)3/h8H,4-7H2,1-3H3,(H,15,16). The van der Waals surface area contributed by atoms with Crippen LogP contribution in [0, 0.1) is 13.8 Å². The van der Waals surface area contributed by atoms with E-state index in [1.807, 2.05) is 13.8 Å². The van der Waals surface area contributed by atoms with Crippen LogP contribution in [0.4, 0.5) is 0 Å². The zero-order chi connectivity index (χ0) is 12.1. The first-order valence-electron chi connectivity index (χ1n) is 5.76. The summed E-state index contributed by atoms with van der Waals surface area (Å²) >= 11 is 0. The van der Waals surface area contributed by atoms with Crippen molar-refractivity contribution in [1.82, 2.24) is 4.98 Å². The molecule has 0 saturated carbocycles. The van der Waals surface area contributed by atoms with E-state index in [0.717, 1.165) is 29.7 Å². The molecule has 0 fully saturated rings. The SMILES string of the molecule is CCCCCc1c(C)ncc(C(=O)O)c1C. The van der Waals surface area contributed by atoms with Gasteiger partial charge in [-0.25, -0.2) is 4.79 Å². The van der Waals surface area contributed by atoms with Gasteiger partial charge in [0, 0.05) is 11.9 Å². The van der Waals surface area contributed by atoms with E-state index in [-0.39, 0.29) is 0 Å². The van der Waals surface area contributed by atoms with Crippen molar-refractivity contribution in [3.05, 3.63) is 28.6 Å². The third kappa shape index (κ3) is 2.81. The Labute approximate surface area is 96.5 Å². The van der Waals surface area contributed by atoms with Crippen LogP contribution in [-0.4, -0.2) is 16.1 Å². The number of hydrogen-bond acceptors (Lipinski definition) is 2. The minimum atomic E-state index is -0.887. The molecule has 0 radical (unpaired) electrons. The molecule has 88 valence electrons. The van der Waals surface area contributed by atoms with E-state index in [1.165, 1.54) is 19.0 Å². The van der Waals surface area contributed by atoms with Crippen molar-refractivity contribution in [3.63, 3.8) is 0 Å². The van der Waals surface area contributed by atoms with Crippen LogP contribution in [0.25, 0.3) is 0 Å². The lowest BCUT2D eigenvalue weighted by atomic mass is 9.98. The first kappa shape index (κ1) is 12.7. The van der Waals surface area contributed by atoms with Crippen molar-refractivity contribution in [1.29, 1.82) is 0 Å². The number of carboxylic acids is 1. The first-order chi connectivity index (χ1) is 7.57. The topological polar surface area (TPSA) is 50.2 Å². The average Bonchev–Trinajstić information content (AvgIpc) is 2.22. The van der Waals surface area contributed by atoms with Crippen molar-refractivity contribution < 1.29 is 9.90 Å². The number of nitrogens with zero attached hydrogens (tertiary/aromatic N) is 1. The minimum absolute atomic E-state index is 0.331. The highest BCUT2D eigenvalue weighted by molar-refractivity contribution is 5.89. The number of rotatable bonds is 5. The van der Waals surface area contributed by atoms with Crippen molar-refractivity contribution in [3.8, 4) is 0 Å². The summed E-state index contributed by atoms with van der Waals surface area (Å²) in [5.74, 6) is -0.887. The third-order valence-corrected chi connectivity index (χ3v) is 2.94. The molecule has 3 nitrogen and oxygen atoms in total. The van der Waals surface area contributed by atoms with Crippen LogP contribution in [0.2, 0.25) is 0 Å². The summed E-state index contributed by atoms with van der Waals surface area (Å²) < 4.78 is 0. The Balaban J connectivity index is 2.97. The molecule has 16 heavy (non-hydrogen) atoms. The summed E-state index contributed by atoms with van der Waals surface area (Å²) in [6.45, 7) is 5.98. The average molecular weight is 221 g/mol. The molecule has 0 aliphatic rings. The van der Waals surface area contributed by atoms with E-state index in [1.54, 1.807) is 0 Å². The summed E-state index contributed by atoms with van der Waals surface area (Å²) in [5, 5.41) is 9.01. The molecule has 0 aliphatic carbocycles. The zero-order valence-electron chi connectivity index (χ0n) is 10.2. The first-order valence-corrected chi connectivity index (χ1v) is 5.76. The largest absolute Gasteiger partial charge is 0.478 e. The van der Waals surface area contributed by atoms with Gasteiger partial charge in [0.1, 0.15) is 0 Å². The fraction of sp³-hybridized carbons (Fsp3) is 0.538. The number of pyridine rings is 1. The van der Waals surface area contributed by atoms with E-state index in [4.69, 9.17) is 5.11 Å². The molecule has 1 N–H and O–H groups in total. The van der Waals surface area contributed by atoms with Crippen LogP contribution in [-0.2, 0) is 6.42 Å². The summed E-state index contributed by atoms with van der Waals surface area (Å²) in [6.07, 6.45) is 5.83. The summed E-state index contributed by atoms with van der Waals surface area (Å²) in [7, 11) is 0. The molecule has 0 amide bonds. The fourth-order valence-corrected chi connectivity index (χ4v) is 1.91. The lowest BCUT2D eigenvalue weighted by Crippen LogP contribution is -2.06. The van der Waals surface area contributed by atoms with Gasteiger partial charge in [0.05, 0.1) is 5.56 Å². The molecule has 0 unspecified atom stereocenters. The van der Waals surface area contributed by atoms with E-state index in [9.17, 15) is 4.79 Å². The highest BCUT2D eigenvalue weighted by atomic mass is 16.4. The number of aromatic nitrogens is 1. The van der Waals surface area contributed by atoms with Crippen molar-refractivity contribution in [2.24, 2.45) is 0 Å². The molecular weight excluding hydrogens is 202 g/mol. The number of hydrogen-bond donors (Lipinski definition) is 1. The Morgan fingerprint density at radius 1 is 1.38 bits per heavy atom. The van der Waals surface area contributed by atoms with E-state index in [2.05, 4.69) is 11.9 Å². The summed E-state index contributed by atoms with van der Waals surface area (Å²) in [6, 6.07) is 0. The maximum Gasteiger partial charge on any atom is 0.337 e. The van der Waals surface area contributed by atoms with Gasteiger partial charge in [0.25, 0.3) is 0 Å². The molecule has 1 rings (SSSR count). The van der Waals surface area contributed by atoms with Gasteiger partial charge < -0.3 is 5.11 Å². The van der Waals surface area contributed by atoms with E-state index in [0.29, 0.717) is 5.56 Å². The van der Waals surface area contributed by atoms with Crippen molar-refractivity contribution >= 4 is 5.97 Å². The molecule has 0 aliphatic heterocycles. The smallest absolute Gasteiger partial charge is 0.337 e. The number of aromatic carboxylic acids is 1. The van der Waals surface area contributed by atoms with Crippen LogP contribution in [0.5, 0.6) is 0 Å². The second-order valence-electron chi connectivity index (χ2n) is 4.12. The van der Waals surface area contributed by atoms with Crippen LogP contribution in [0.3, 0.4) is 0 Å². The Morgan fingerprint density at radius 3 is 2.62 bits per heavy atom. The van der Waals surface area contributed by atoms with Crippen LogP contribution in [0.1, 0.15) is 53.4 Å². The van der Waals surface area contributed by atoms with Gasteiger partial charge >= 0.3 is 5.97 Å². The predicted molar refractivity (Wildman–Crippen MR) is 63.9 cm³/mol. The molecule has 1 aromatic heterocycles. The number of carbonyl (C=O) groups is 1. The van der Waals surface area contributed by atoms with Crippen LogP contribution in [0.15, 0.2) is 6.20 Å². The normalized spacial score (nSPS) is 10.4. The van der Waals surface area contributed by atoms with Crippen molar-refractivity contribution in [2.45, 2.75) is 46.5 Å². The maximum absolute atomic E-state index is 11.0. The molecule has 1 aromatic rings. The lowest BCUT2D eigenvalue weighted by molar-refractivity contribution is 0.0695. The second kappa shape index (κ2) is 5.64. The van der Waals surface area contributed by atoms with Gasteiger partial charge in [-0.05, 0) is 37.8 Å². The highest BCUT2D eigenvalue weighted by Crippen LogP contribution is 2.18. The quantitative estimate of drug-likeness (QED) is 0.777. The second-order valence-corrected chi connectivity index (χ2v) is 4.12. The van der Waals surface area contributed by atoms with Crippen LogP contribution < -0.4 is 0 Å². The van der Waals surface area contributed by atoms with Gasteiger partial charge in [0.2, 0.25) is 0 Å². The molecule has 1 heterocycles. The van der Waals surface area contributed by atoms with E-state index < -0.39 is 5.97 Å². The zero-order valence-corrected chi connectivity index (χ0v) is 10.2. The number of unbranched alkanes of at least 4 members (excludes halogenated alkanes) is 2. The van der Waals surface area contributed by atoms with E-state index >= 15 is 0 Å². The van der Waals surface area contributed by atoms with Crippen LogP contribution >= 0.6 is 0 Å². The van der Waals surface area contributed by atoms with Gasteiger partial charge in [0.15, 0.2) is 0 Å². The number of carboxylic acid groups (broad SMARTS) is 1. The summed E-state index contributed by atoms with van der Waals surface area (Å²) in [5.41, 5.74) is 3.26. The van der Waals surface area contributed by atoms with Gasteiger partial charge in [-0.1, -0.05) is 19.8 Å². The molecule has 3 heteroatoms. The Bertz CT molecular complexity index is 386. The lowest BCUT2D eigenvalue weighted by Gasteiger charge is -2.11. The van der Waals surface area contributed by atoms with Gasteiger partial charge in [-0.3, -0.25) is 4.98 Å². The summed E-state index contributed by atoms with van der Waals surface area (Å²) in [4.78, 5) is 15.1. The maximum atomic E-state index is 11.0.